The second kappa shape index (κ2) is 8.23. The highest BCUT2D eigenvalue weighted by Gasteiger charge is 2.25. The molecule has 0 unspecified atom stereocenters. The number of methoxy groups -OCH3 is 1. The fourth-order valence-electron chi connectivity index (χ4n) is 3.24. The summed E-state index contributed by atoms with van der Waals surface area (Å²) in [5.41, 5.74) is 3.08. The average molecular weight is 347 g/mol. The molecule has 6 nitrogen and oxygen atoms in total. The van der Waals surface area contributed by atoms with E-state index in [4.69, 9.17) is 4.74 Å². The lowest BCUT2D eigenvalue weighted by molar-refractivity contribution is -0.131. The number of nitrogens with zero attached hydrogens (tertiary/aromatic N) is 2. The molecular formula is C19H29N3O3. The quantitative estimate of drug-likeness (QED) is 0.907. The molecule has 0 spiro atoms. The van der Waals surface area contributed by atoms with Gasteiger partial charge in [0.1, 0.15) is 5.75 Å². The Morgan fingerprint density at radius 1 is 1.12 bits per heavy atom. The summed E-state index contributed by atoms with van der Waals surface area (Å²) in [5, 5.41) is 2.89. The number of hydrogen-bond donors (Lipinski definition) is 1. The number of amides is 3. The SMILES string of the molecule is COc1c(C)cc(C)cc1CC(=O)N1CCN(C(=O)NC(C)C)CC1. The Labute approximate surface area is 150 Å². The molecule has 1 aromatic rings. The van der Waals surface area contributed by atoms with E-state index in [1.807, 2.05) is 38.7 Å². The number of aryl methyl sites for hydroxylation is 2. The van der Waals surface area contributed by atoms with Gasteiger partial charge in [-0.25, -0.2) is 4.79 Å². The summed E-state index contributed by atoms with van der Waals surface area (Å²) in [6.45, 7) is 10.2. The molecule has 6 heteroatoms. The molecule has 0 aromatic heterocycles. The van der Waals surface area contributed by atoms with Gasteiger partial charge < -0.3 is 19.9 Å². The van der Waals surface area contributed by atoms with Gasteiger partial charge in [0, 0.05) is 37.8 Å². The number of carbonyl (C=O) groups is 2. The number of carbonyl (C=O) groups excluding carboxylic acids is 2. The van der Waals surface area contributed by atoms with Crippen LogP contribution in [0.5, 0.6) is 5.75 Å². The van der Waals surface area contributed by atoms with E-state index in [1.54, 1.807) is 12.0 Å². The lowest BCUT2D eigenvalue weighted by atomic mass is 10.0. The molecule has 1 saturated heterocycles. The standard InChI is InChI=1S/C19H29N3O3/c1-13(2)20-19(24)22-8-6-21(7-9-22)17(23)12-16-11-14(3)10-15(4)18(16)25-5/h10-11,13H,6-9,12H2,1-5H3,(H,20,24). The van der Waals surface area contributed by atoms with Gasteiger partial charge in [0.15, 0.2) is 0 Å². The van der Waals surface area contributed by atoms with Crippen LogP contribution in [0.3, 0.4) is 0 Å². The second-order valence-corrected chi connectivity index (χ2v) is 6.92. The minimum absolute atomic E-state index is 0.0573. The fraction of sp³-hybridized carbons (Fsp3) is 0.579. The number of hydrogen-bond acceptors (Lipinski definition) is 3. The summed E-state index contributed by atoms with van der Waals surface area (Å²) < 4.78 is 5.47. The fourth-order valence-corrected chi connectivity index (χ4v) is 3.24. The molecule has 1 aromatic carbocycles. The summed E-state index contributed by atoms with van der Waals surface area (Å²) in [5.74, 6) is 0.862. The number of nitrogens with one attached hydrogen (secondary N) is 1. The van der Waals surface area contributed by atoms with Gasteiger partial charge in [-0.05, 0) is 33.3 Å². The predicted molar refractivity (Wildman–Crippen MR) is 98.0 cm³/mol. The number of benzene rings is 1. The largest absolute Gasteiger partial charge is 0.496 e. The van der Waals surface area contributed by atoms with Crippen molar-refractivity contribution in [1.29, 1.82) is 0 Å². The van der Waals surface area contributed by atoms with Crippen LogP contribution in [0.1, 0.15) is 30.5 Å². The highest BCUT2D eigenvalue weighted by Crippen LogP contribution is 2.26. The zero-order valence-corrected chi connectivity index (χ0v) is 15.9. The normalized spacial score (nSPS) is 14.6. The van der Waals surface area contributed by atoms with Crippen molar-refractivity contribution in [3.05, 3.63) is 28.8 Å². The Bertz CT molecular complexity index is 635. The minimum Gasteiger partial charge on any atom is -0.496 e. The molecule has 1 fully saturated rings. The van der Waals surface area contributed by atoms with Crippen molar-refractivity contribution in [2.75, 3.05) is 33.3 Å². The summed E-state index contributed by atoms with van der Waals surface area (Å²) >= 11 is 0. The molecule has 25 heavy (non-hydrogen) atoms. The molecule has 138 valence electrons. The van der Waals surface area contributed by atoms with Crippen molar-refractivity contribution in [2.24, 2.45) is 0 Å². The van der Waals surface area contributed by atoms with Crippen LogP contribution in [-0.4, -0.2) is 61.1 Å². The van der Waals surface area contributed by atoms with Gasteiger partial charge in [-0.2, -0.15) is 0 Å². The molecule has 1 N–H and O–H groups in total. The third-order valence-corrected chi connectivity index (χ3v) is 4.37. The van der Waals surface area contributed by atoms with E-state index in [0.29, 0.717) is 32.6 Å². The third kappa shape index (κ3) is 4.87. The van der Waals surface area contributed by atoms with Crippen molar-refractivity contribution in [1.82, 2.24) is 15.1 Å². The van der Waals surface area contributed by atoms with E-state index in [1.165, 1.54) is 0 Å². The van der Waals surface area contributed by atoms with Crippen LogP contribution in [0.4, 0.5) is 4.79 Å². The first-order valence-electron chi connectivity index (χ1n) is 8.79. The van der Waals surface area contributed by atoms with Crippen LogP contribution >= 0.6 is 0 Å². The highest BCUT2D eigenvalue weighted by molar-refractivity contribution is 5.80. The molecule has 2 rings (SSSR count). The predicted octanol–water partition coefficient (Wildman–Crippen LogP) is 2.12. The molecular weight excluding hydrogens is 318 g/mol. The molecule has 0 bridgehead atoms. The van der Waals surface area contributed by atoms with E-state index in [2.05, 4.69) is 11.4 Å². The maximum absolute atomic E-state index is 12.7. The Hall–Kier alpha value is -2.24. The van der Waals surface area contributed by atoms with Crippen LogP contribution in [0, 0.1) is 13.8 Å². The van der Waals surface area contributed by atoms with Crippen molar-refractivity contribution in [2.45, 2.75) is 40.2 Å². The highest BCUT2D eigenvalue weighted by atomic mass is 16.5. The van der Waals surface area contributed by atoms with E-state index in [9.17, 15) is 9.59 Å². The molecule has 1 aliphatic rings. The molecule has 0 aliphatic carbocycles. The van der Waals surface area contributed by atoms with Crippen molar-refractivity contribution >= 4 is 11.9 Å². The van der Waals surface area contributed by atoms with E-state index in [-0.39, 0.29) is 18.0 Å². The summed E-state index contributed by atoms with van der Waals surface area (Å²) in [6, 6.07) is 4.12. The molecule has 0 atom stereocenters. The molecule has 1 aliphatic heterocycles. The maximum Gasteiger partial charge on any atom is 0.317 e. The molecule has 3 amide bonds. The molecule has 0 saturated carbocycles. The van der Waals surface area contributed by atoms with Crippen molar-refractivity contribution < 1.29 is 14.3 Å². The average Bonchev–Trinajstić information content (AvgIpc) is 2.54. The Morgan fingerprint density at radius 3 is 2.28 bits per heavy atom. The van der Waals surface area contributed by atoms with Crippen LogP contribution < -0.4 is 10.1 Å². The second-order valence-electron chi connectivity index (χ2n) is 6.92. The number of ether oxygens (including phenoxy) is 1. The summed E-state index contributed by atoms with van der Waals surface area (Å²) in [7, 11) is 1.64. The van der Waals surface area contributed by atoms with Crippen molar-refractivity contribution in [3.63, 3.8) is 0 Å². The van der Waals surface area contributed by atoms with E-state index in [0.717, 1.165) is 22.4 Å². The molecule has 1 heterocycles. The zero-order chi connectivity index (χ0) is 18.6. The number of rotatable bonds is 4. The summed E-state index contributed by atoms with van der Waals surface area (Å²) in [4.78, 5) is 28.3. The van der Waals surface area contributed by atoms with Gasteiger partial charge in [-0.1, -0.05) is 17.7 Å². The smallest absolute Gasteiger partial charge is 0.317 e. The first-order valence-corrected chi connectivity index (χ1v) is 8.79. The van der Waals surface area contributed by atoms with Crippen LogP contribution in [0.25, 0.3) is 0 Å². The zero-order valence-electron chi connectivity index (χ0n) is 15.9. The van der Waals surface area contributed by atoms with Gasteiger partial charge in [-0.15, -0.1) is 0 Å². The first-order chi connectivity index (χ1) is 11.8. The lowest BCUT2D eigenvalue weighted by Gasteiger charge is -2.35. The van der Waals surface area contributed by atoms with Gasteiger partial charge in [0.25, 0.3) is 0 Å². The Balaban J connectivity index is 1.97. The van der Waals surface area contributed by atoms with Crippen LogP contribution in [0.2, 0.25) is 0 Å². The van der Waals surface area contributed by atoms with Gasteiger partial charge >= 0.3 is 6.03 Å². The maximum atomic E-state index is 12.7. The lowest BCUT2D eigenvalue weighted by Crippen LogP contribution is -2.54. The van der Waals surface area contributed by atoms with Gasteiger partial charge in [0.2, 0.25) is 5.91 Å². The van der Waals surface area contributed by atoms with Gasteiger partial charge in [0.05, 0.1) is 13.5 Å². The van der Waals surface area contributed by atoms with Crippen LogP contribution in [0.15, 0.2) is 12.1 Å². The molecule has 0 radical (unpaired) electrons. The van der Waals surface area contributed by atoms with Crippen LogP contribution in [-0.2, 0) is 11.2 Å². The summed E-state index contributed by atoms with van der Waals surface area (Å²) in [6.07, 6.45) is 0.323. The van der Waals surface area contributed by atoms with E-state index < -0.39 is 0 Å². The monoisotopic (exact) mass is 347 g/mol. The van der Waals surface area contributed by atoms with E-state index >= 15 is 0 Å². The van der Waals surface area contributed by atoms with Crippen molar-refractivity contribution in [3.8, 4) is 5.75 Å². The topological polar surface area (TPSA) is 61.9 Å². The first kappa shape index (κ1) is 19.1. The third-order valence-electron chi connectivity index (χ3n) is 4.37. The number of piperazine rings is 1. The minimum atomic E-state index is -0.0573. The number of urea groups is 1. The Morgan fingerprint density at radius 2 is 1.72 bits per heavy atom. The van der Waals surface area contributed by atoms with Gasteiger partial charge in [-0.3, -0.25) is 4.79 Å². The Kier molecular flexibility index (Phi) is 6.28.